The molecule has 5 heteroatoms. The van der Waals surface area contributed by atoms with Gasteiger partial charge in [0.15, 0.2) is 0 Å². The van der Waals surface area contributed by atoms with Gasteiger partial charge in [-0.1, -0.05) is 11.6 Å². The molecule has 0 aromatic carbocycles. The Balaban J connectivity index is 2.80. The molecule has 1 N–H and O–H groups in total. The van der Waals surface area contributed by atoms with Gasteiger partial charge in [-0.05, 0) is 12.1 Å². The van der Waals surface area contributed by atoms with Gasteiger partial charge in [0.2, 0.25) is 0 Å². The third-order valence-electron chi connectivity index (χ3n) is 2.11. The average molecular weight is 211 g/mol. The van der Waals surface area contributed by atoms with Crippen LogP contribution in [0.2, 0.25) is 5.15 Å². The molecule has 2 heterocycles. The molecule has 0 fully saturated rings. The average Bonchev–Trinajstić information content (AvgIpc) is 2.44. The summed E-state index contributed by atoms with van der Waals surface area (Å²) in [5, 5.41) is 9.99. The van der Waals surface area contributed by atoms with Gasteiger partial charge in [0.1, 0.15) is 10.8 Å². The topological polar surface area (TPSA) is 55.1 Å². The van der Waals surface area contributed by atoms with Crippen LogP contribution >= 0.6 is 11.6 Å². The summed E-state index contributed by atoms with van der Waals surface area (Å²) < 4.78 is 1.57. The fourth-order valence-corrected chi connectivity index (χ4v) is 1.56. The standard InChI is InChI=1S/C9H7ClN2O2/c1-12-6-3-8(10)11-4-5(6)2-7(12)9(13)14/h2-4H,1H3,(H,13,14). The Morgan fingerprint density at radius 1 is 1.57 bits per heavy atom. The molecule has 0 atom stereocenters. The summed E-state index contributed by atoms with van der Waals surface area (Å²) in [4.78, 5) is 14.7. The van der Waals surface area contributed by atoms with Crippen molar-refractivity contribution in [1.82, 2.24) is 9.55 Å². The molecule has 2 rings (SSSR count). The van der Waals surface area contributed by atoms with Gasteiger partial charge in [-0.25, -0.2) is 9.78 Å². The molecule has 2 aromatic rings. The molecule has 0 unspecified atom stereocenters. The molecule has 0 saturated heterocycles. The number of fused-ring (bicyclic) bond motifs is 1. The molecular weight excluding hydrogens is 204 g/mol. The Morgan fingerprint density at radius 3 is 2.93 bits per heavy atom. The number of halogens is 1. The van der Waals surface area contributed by atoms with Crippen LogP contribution in [0.15, 0.2) is 18.3 Å². The number of aromatic nitrogens is 2. The summed E-state index contributed by atoms with van der Waals surface area (Å²) in [7, 11) is 1.68. The van der Waals surface area contributed by atoms with Crippen LogP contribution in [0.5, 0.6) is 0 Å². The number of pyridine rings is 1. The number of carbonyl (C=O) groups is 1. The van der Waals surface area contributed by atoms with E-state index in [2.05, 4.69) is 4.98 Å². The zero-order chi connectivity index (χ0) is 10.3. The maximum Gasteiger partial charge on any atom is 0.352 e. The first-order valence-corrected chi connectivity index (χ1v) is 4.31. The third-order valence-corrected chi connectivity index (χ3v) is 2.32. The molecule has 0 aliphatic rings. The van der Waals surface area contributed by atoms with Crippen molar-refractivity contribution >= 4 is 28.5 Å². The van der Waals surface area contributed by atoms with Crippen LogP contribution < -0.4 is 0 Å². The highest BCUT2D eigenvalue weighted by Gasteiger charge is 2.11. The molecule has 0 saturated carbocycles. The molecule has 0 radical (unpaired) electrons. The van der Waals surface area contributed by atoms with Gasteiger partial charge in [0, 0.05) is 18.6 Å². The number of carboxylic acids is 1. The predicted octanol–water partition coefficient (Wildman–Crippen LogP) is 1.92. The molecule has 0 aliphatic carbocycles. The zero-order valence-electron chi connectivity index (χ0n) is 7.36. The summed E-state index contributed by atoms with van der Waals surface area (Å²) in [5.74, 6) is -0.958. The minimum Gasteiger partial charge on any atom is -0.477 e. The minimum absolute atomic E-state index is 0.226. The number of nitrogens with zero attached hydrogens (tertiary/aromatic N) is 2. The summed E-state index contributed by atoms with van der Waals surface area (Å²) in [5.41, 5.74) is 0.992. The van der Waals surface area contributed by atoms with Crippen molar-refractivity contribution in [3.8, 4) is 0 Å². The lowest BCUT2D eigenvalue weighted by atomic mass is 10.3. The Bertz CT molecular complexity index is 519. The number of hydrogen-bond donors (Lipinski definition) is 1. The second-order valence-corrected chi connectivity index (χ2v) is 3.35. The Morgan fingerprint density at radius 2 is 2.29 bits per heavy atom. The van der Waals surface area contributed by atoms with E-state index in [-0.39, 0.29) is 5.69 Å². The highest BCUT2D eigenvalue weighted by molar-refractivity contribution is 6.30. The number of rotatable bonds is 1. The maximum atomic E-state index is 10.8. The van der Waals surface area contributed by atoms with Gasteiger partial charge in [-0.15, -0.1) is 0 Å². The van der Waals surface area contributed by atoms with Gasteiger partial charge in [-0.2, -0.15) is 0 Å². The van der Waals surface area contributed by atoms with Crippen LogP contribution in [-0.4, -0.2) is 20.6 Å². The molecular formula is C9H7ClN2O2. The lowest BCUT2D eigenvalue weighted by molar-refractivity contribution is 0.0687. The van der Waals surface area contributed by atoms with E-state index >= 15 is 0 Å². The van der Waals surface area contributed by atoms with E-state index in [1.165, 1.54) is 0 Å². The quantitative estimate of drug-likeness (QED) is 0.732. The maximum absolute atomic E-state index is 10.8. The van der Waals surface area contributed by atoms with Gasteiger partial charge in [-0.3, -0.25) is 0 Å². The monoisotopic (exact) mass is 210 g/mol. The number of aryl methyl sites for hydroxylation is 1. The largest absolute Gasteiger partial charge is 0.477 e. The molecule has 0 spiro atoms. The summed E-state index contributed by atoms with van der Waals surface area (Å²) >= 11 is 5.71. The summed E-state index contributed by atoms with van der Waals surface area (Å²) in [6.07, 6.45) is 1.56. The van der Waals surface area contributed by atoms with Gasteiger partial charge < -0.3 is 9.67 Å². The molecule has 4 nitrogen and oxygen atoms in total. The van der Waals surface area contributed by atoms with Crippen molar-refractivity contribution in [3.63, 3.8) is 0 Å². The fourth-order valence-electron chi connectivity index (χ4n) is 1.41. The van der Waals surface area contributed by atoms with Crippen molar-refractivity contribution < 1.29 is 9.90 Å². The molecule has 14 heavy (non-hydrogen) atoms. The minimum atomic E-state index is -0.958. The van der Waals surface area contributed by atoms with Crippen LogP contribution in [0.3, 0.4) is 0 Å². The SMILES string of the molecule is Cn1c(C(=O)O)cc2cnc(Cl)cc21. The van der Waals surface area contributed by atoms with E-state index in [4.69, 9.17) is 16.7 Å². The second kappa shape index (κ2) is 2.99. The molecule has 0 amide bonds. The number of aromatic carboxylic acids is 1. The Labute approximate surface area is 84.7 Å². The Kier molecular flexibility index (Phi) is 1.93. The van der Waals surface area contributed by atoms with E-state index in [1.807, 2.05) is 0 Å². The predicted molar refractivity (Wildman–Crippen MR) is 52.7 cm³/mol. The molecule has 2 aromatic heterocycles. The summed E-state index contributed by atoms with van der Waals surface area (Å²) in [6.45, 7) is 0. The van der Waals surface area contributed by atoms with Gasteiger partial charge in [0.25, 0.3) is 0 Å². The van der Waals surface area contributed by atoms with Crippen LogP contribution in [0, 0.1) is 0 Å². The van der Waals surface area contributed by atoms with Crippen LogP contribution in [0.1, 0.15) is 10.5 Å². The normalized spacial score (nSPS) is 10.7. The number of carboxylic acid groups (broad SMARTS) is 1. The lowest BCUT2D eigenvalue weighted by Gasteiger charge is -1.98. The van der Waals surface area contributed by atoms with Gasteiger partial charge >= 0.3 is 5.97 Å². The Hall–Kier alpha value is -1.55. The number of hydrogen-bond acceptors (Lipinski definition) is 2. The van der Waals surface area contributed by atoms with Gasteiger partial charge in [0.05, 0.1) is 5.52 Å². The van der Waals surface area contributed by atoms with E-state index in [0.717, 1.165) is 10.9 Å². The van der Waals surface area contributed by atoms with E-state index in [1.54, 1.807) is 29.9 Å². The van der Waals surface area contributed by atoms with E-state index < -0.39 is 5.97 Å². The summed E-state index contributed by atoms with van der Waals surface area (Å²) in [6, 6.07) is 3.21. The fraction of sp³-hybridized carbons (Fsp3) is 0.111. The van der Waals surface area contributed by atoms with Crippen LogP contribution in [0.4, 0.5) is 0 Å². The van der Waals surface area contributed by atoms with Crippen molar-refractivity contribution in [1.29, 1.82) is 0 Å². The van der Waals surface area contributed by atoms with Crippen molar-refractivity contribution in [2.75, 3.05) is 0 Å². The first-order chi connectivity index (χ1) is 6.59. The molecule has 0 aliphatic heterocycles. The lowest BCUT2D eigenvalue weighted by Crippen LogP contribution is -2.03. The van der Waals surface area contributed by atoms with E-state index in [9.17, 15) is 4.79 Å². The molecule has 72 valence electrons. The first kappa shape index (κ1) is 9.02. The smallest absolute Gasteiger partial charge is 0.352 e. The van der Waals surface area contributed by atoms with Crippen LogP contribution in [0.25, 0.3) is 10.9 Å². The second-order valence-electron chi connectivity index (χ2n) is 2.96. The zero-order valence-corrected chi connectivity index (χ0v) is 8.12. The van der Waals surface area contributed by atoms with Crippen LogP contribution in [-0.2, 0) is 7.05 Å². The van der Waals surface area contributed by atoms with Crippen molar-refractivity contribution in [2.24, 2.45) is 7.05 Å². The third kappa shape index (κ3) is 1.24. The van der Waals surface area contributed by atoms with Crippen molar-refractivity contribution in [3.05, 3.63) is 29.2 Å². The molecule has 0 bridgehead atoms. The van der Waals surface area contributed by atoms with E-state index in [0.29, 0.717) is 5.15 Å². The highest BCUT2D eigenvalue weighted by atomic mass is 35.5. The first-order valence-electron chi connectivity index (χ1n) is 3.94. The van der Waals surface area contributed by atoms with Crippen molar-refractivity contribution in [2.45, 2.75) is 0 Å². The highest BCUT2D eigenvalue weighted by Crippen LogP contribution is 2.20.